The molecule has 0 fully saturated rings. The zero-order valence-corrected chi connectivity index (χ0v) is 14.6. The summed E-state index contributed by atoms with van der Waals surface area (Å²) in [6.07, 6.45) is 3.54. The van der Waals surface area contributed by atoms with Crippen LogP contribution in [-0.4, -0.2) is 36.3 Å². The lowest BCUT2D eigenvalue weighted by atomic mass is 10.2. The summed E-state index contributed by atoms with van der Waals surface area (Å²) in [5.74, 6) is 0.458. The number of nitrogens with zero attached hydrogens (tertiary/aromatic N) is 2. The first kappa shape index (κ1) is 16.8. The van der Waals surface area contributed by atoms with Gasteiger partial charge in [-0.3, -0.25) is 0 Å². The Bertz CT molecular complexity index is 885. The van der Waals surface area contributed by atoms with E-state index >= 15 is 0 Å². The van der Waals surface area contributed by atoms with Crippen molar-refractivity contribution < 1.29 is 14.3 Å². The lowest BCUT2D eigenvalue weighted by Gasteiger charge is -2.11. The average molecular weight is 339 g/mol. The van der Waals surface area contributed by atoms with Gasteiger partial charge in [0.05, 0.1) is 19.4 Å². The molecule has 2 heterocycles. The average Bonchev–Trinajstić information content (AvgIpc) is 3.04. The predicted octanol–water partition coefficient (Wildman–Crippen LogP) is 3.31. The third-order valence-electron chi connectivity index (χ3n) is 4.05. The van der Waals surface area contributed by atoms with Gasteiger partial charge in [-0.15, -0.1) is 0 Å². The fraction of sp³-hybridized carbons (Fsp3) is 0.263. The van der Waals surface area contributed by atoms with E-state index in [0.29, 0.717) is 18.7 Å². The van der Waals surface area contributed by atoms with E-state index in [4.69, 9.17) is 9.47 Å². The highest BCUT2D eigenvalue weighted by atomic mass is 16.5. The maximum atomic E-state index is 12.1. The minimum Gasteiger partial charge on any atom is -0.497 e. The lowest BCUT2D eigenvalue weighted by Crippen LogP contribution is -2.09. The molecule has 0 spiro atoms. The Balaban J connectivity index is 1.96. The molecule has 0 aliphatic rings. The van der Waals surface area contributed by atoms with Gasteiger partial charge in [-0.05, 0) is 30.7 Å². The largest absolute Gasteiger partial charge is 0.497 e. The van der Waals surface area contributed by atoms with Crippen molar-refractivity contribution in [3.05, 3.63) is 53.9 Å². The van der Waals surface area contributed by atoms with Gasteiger partial charge in [-0.2, -0.15) is 0 Å². The molecule has 25 heavy (non-hydrogen) atoms. The van der Waals surface area contributed by atoms with E-state index in [1.54, 1.807) is 27.3 Å². The van der Waals surface area contributed by atoms with Crippen molar-refractivity contribution in [1.29, 1.82) is 0 Å². The Kier molecular flexibility index (Phi) is 4.88. The Morgan fingerprint density at radius 2 is 2.00 bits per heavy atom. The molecule has 0 radical (unpaired) electrons. The number of ether oxygens (including phenoxy) is 2. The van der Waals surface area contributed by atoms with Gasteiger partial charge in [-0.25, -0.2) is 9.78 Å². The lowest BCUT2D eigenvalue weighted by molar-refractivity contribution is 0.0527. The summed E-state index contributed by atoms with van der Waals surface area (Å²) in [5, 5.41) is 3.99. The van der Waals surface area contributed by atoms with Crippen molar-refractivity contribution in [3.8, 4) is 5.75 Å². The molecule has 0 amide bonds. The second-order valence-electron chi connectivity index (χ2n) is 5.55. The van der Waals surface area contributed by atoms with Crippen LogP contribution in [0.4, 0.5) is 5.69 Å². The van der Waals surface area contributed by atoms with Gasteiger partial charge < -0.3 is 19.4 Å². The number of carbonyl (C=O) groups is 1. The van der Waals surface area contributed by atoms with Gasteiger partial charge in [0, 0.05) is 31.4 Å². The van der Waals surface area contributed by atoms with Gasteiger partial charge in [0.15, 0.2) is 0 Å². The zero-order chi connectivity index (χ0) is 17.8. The molecule has 0 saturated heterocycles. The number of carbonyl (C=O) groups excluding carboxylic acids is 1. The molecule has 0 bridgehead atoms. The maximum absolute atomic E-state index is 12.1. The minimum absolute atomic E-state index is 0.332. The van der Waals surface area contributed by atoms with Crippen molar-refractivity contribution in [2.45, 2.75) is 13.5 Å². The summed E-state index contributed by atoms with van der Waals surface area (Å²) in [5.41, 5.74) is 3.13. The first-order valence-electron chi connectivity index (χ1n) is 8.13. The zero-order valence-electron chi connectivity index (χ0n) is 14.6. The summed E-state index contributed by atoms with van der Waals surface area (Å²) in [7, 11) is 3.44. The molecule has 130 valence electrons. The van der Waals surface area contributed by atoms with Gasteiger partial charge in [0.25, 0.3) is 0 Å². The quantitative estimate of drug-likeness (QED) is 0.698. The third kappa shape index (κ3) is 3.28. The standard InChI is InChI=1S/C19H21N3O3/c1-4-25-19(23)16-11-21-18-15(17(16)20-2)9-10-22(18)12-13-5-7-14(24-3)8-6-13/h5-11H,4,12H2,1-3H3,(H,20,21). The Hall–Kier alpha value is -3.02. The fourth-order valence-electron chi connectivity index (χ4n) is 2.83. The van der Waals surface area contributed by atoms with Crippen LogP contribution in [0.1, 0.15) is 22.8 Å². The number of hydrogen-bond acceptors (Lipinski definition) is 5. The van der Waals surface area contributed by atoms with Gasteiger partial charge in [0.1, 0.15) is 17.0 Å². The molecule has 6 heteroatoms. The van der Waals surface area contributed by atoms with Crippen LogP contribution in [0, 0.1) is 0 Å². The molecule has 1 N–H and O–H groups in total. The topological polar surface area (TPSA) is 65.4 Å². The summed E-state index contributed by atoms with van der Waals surface area (Å²) in [4.78, 5) is 16.6. The fourth-order valence-corrected chi connectivity index (χ4v) is 2.83. The number of esters is 1. The van der Waals surface area contributed by atoms with Crippen molar-refractivity contribution in [2.75, 3.05) is 26.1 Å². The van der Waals surface area contributed by atoms with E-state index in [1.165, 1.54) is 0 Å². The Morgan fingerprint density at radius 1 is 1.24 bits per heavy atom. The highest BCUT2D eigenvalue weighted by Crippen LogP contribution is 2.27. The molecule has 0 atom stereocenters. The van der Waals surface area contributed by atoms with Gasteiger partial charge in [0.2, 0.25) is 0 Å². The van der Waals surface area contributed by atoms with Crippen LogP contribution in [0.5, 0.6) is 5.75 Å². The SMILES string of the molecule is CCOC(=O)c1cnc2c(ccn2Cc2ccc(OC)cc2)c1NC. The van der Waals surface area contributed by atoms with Crippen LogP contribution in [0.2, 0.25) is 0 Å². The van der Waals surface area contributed by atoms with Crippen molar-refractivity contribution in [3.63, 3.8) is 0 Å². The van der Waals surface area contributed by atoms with Crippen LogP contribution in [0.25, 0.3) is 11.0 Å². The minimum atomic E-state index is -0.371. The van der Waals surface area contributed by atoms with Crippen LogP contribution < -0.4 is 10.1 Å². The monoisotopic (exact) mass is 339 g/mol. The number of benzene rings is 1. The first-order valence-corrected chi connectivity index (χ1v) is 8.13. The van der Waals surface area contributed by atoms with E-state index in [1.807, 2.05) is 41.1 Å². The van der Waals surface area contributed by atoms with Crippen molar-refractivity contribution >= 4 is 22.7 Å². The summed E-state index contributed by atoms with van der Waals surface area (Å²) in [6, 6.07) is 9.88. The highest BCUT2D eigenvalue weighted by molar-refractivity contribution is 6.04. The Labute approximate surface area is 146 Å². The number of methoxy groups -OCH3 is 1. The number of fused-ring (bicyclic) bond motifs is 1. The second kappa shape index (κ2) is 7.25. The predicted molar refractivity (Wildman–Crippen MR) is 97.3 cm³/mol. The third-order valence-corrected chi connectivity index (χ3v) is 4.05. The van der Waals surface area contributed by atoms with Crippen LogP contribution >= 0.6 is 0 Å². The molecule has 0 unspecified atom stereocenters. The van der Waals surface area contributed by atoms with Crippen molar-refractivity contribution in [1.82, 2.24) is 9.55 Å². The van der Waals surface area contributed by atoms with E-state index < -0.39 is 0 Å². The molecule has 2 aromatic heterocycles. The number of pyridine rings is 1. The molecule has 0 aliphatic heterocycles. The highest BCUT2D eigenvalue weighted by Gasteiger charge is 2.17. The second-order valence-corrected chi connectivity index (χ2v) is 5.55. The normalized spacial score (nSPS) is 10.7. The number of rotatable bonds is 6. The smallest absolute Gasteiger partial charge is 0.341 e. The van der Waals surface area contributed by atoms with Crippen molar-refractivity contribution in [2.24, 2.45) is 0 Å². The number of hydrogen-bond donors (Lipinski definition) is 1. The number of anilines is 1. The molecule has 0 saturated carbocycles. The molecule has 3 rings (SSSR count). The van der Waals surface area contributed by atoms with Gasteiger partial charge in [-0.1, -0.05) is 12.1 Å². The van der Waals surface area contributed by atoms with E-state index in [0.717, 1.165) is 28.0 Å². The van der Waals surface area contributed by atoms with Crippen LogP contribution in [0.15, 0.2) is 42.7 Å². The molecule has 3 aromatic rings. The first-order chi connectivity index (χ1) is 12.2. The molecule has 1 aromatic carbocycles. The Morgan fingerprint density at radius 3 is 2.64 bits per heavy atom. The van der Waals surface area contributed by atoms with Gasteiger partial charge >= 0.3 is 5.97 Å². The van der Waals surface area contributed by atoms with E-state index in [2.05, 4.69) is 10.3 Å². The number of nitrogens with one attached hydrogen (secondary N) is 1. The van der Waals surface area contributed by atoms with E-state index in [9.17, 15) is 4.79 Å². The summed E-state index contributed by atoms with van der Waals surface area (Å²) < 4.78 is 12.3. The molecular formula is C19H21N3O3. The summed E-state index contributed by atoms with van der Waals surface area (Å²) in [6.45, 7) is 2.80. The molecular weight excluding hydrogens is 318 g/mol. The maximum Gasteiger partial charge on any atom is 0.341 e. The molecule has 0 aliphatic carbocycles. The number of aromatic nitrogens is 2. The van der Waals surface area contributed by atoms with Crippen LogP contribution in [-0.2, 0) is 11.3 Å². The molecule has 6 nitrogen and oxygen atoms in total. The van der Waals surface area contributed by atoms with E-state index in [-0.39, 0.29) is 5.97 Å². The van der Waals surface area contributed by atoms with Crippen LogP contribution in [0.3, 0.4) is 0 Å². The summed E-state index contributed by atoms with van der Waals surface area (Å²) >= 11 is 0.